The molecule has 0 radical (unpaired) electrons. The van der Waals surface area contributed by atoms with Crippen LogP contribution in [-0.4, -0.2) is 52.1 Å². The van der Waals surface area contributed by atoms with E-state index < -0.39 is 67.8 Å². The van der Waals surface area contributed by atoms with E-state index in [1.165, 1.54) is 17.3 Å². The Bertz CT molecular complexity index is 1870. The summed E-state index contributed by atoms with van der Waals surface area (Å²) in [6.45, 7) is 6.44. The molecule has 262 valence electrons. The molecule has 3 aromatic rings. The number of alkyl carbamates (subject to hydrolysis) is 1. The molecule has 0 aliphatic carbocycles. The monoisotopic (exact) mass is 761 g/mol. The van der Waals surface area contributed by atoms with Gasteiger partial charge in [-0.25, -0.2) is 18.9 Å². The van der Waals surface area contributed by atoms with Gasteiger partial charge in [0.25, 0.3) is 5.56 Å². The first-order valence-electron chi connectivity index (χ1n) is 15.4. The number of halogens is 1. The molecule has 5 atom stereocenters. The summed E-state index contributed by atoms with van der Waals surface area (Å²) in [6.07, 6.45) is -1.26. The topological polar surface area (TPSA) is 173 Å². The second-order valence-electron chi connectivity index (χ2n) is 12.4. The standard InChI is InChI=1S/C33H37BrN3O11P/c1-20-9-8-12-23-18-43-49(42,48-28(20)23)44-19-26-25(16-27(45-26)37-17-22(13-14-34)29(38)36-31(37)40)46-30(39)24(15-21-10-6-5-7-11-21)35-32(41)47-33(2,3)4/h5-14,17,24-27H,15-16,18-19H2,1-4H3,(H,35,41)(H,36,38,40)/b14-13+/t24-,25+,26-,27-,49?/m1/s1. The molecule has 2 N–H and O–H groups in total. The average Bonchev–Trinajstić information content (AvgIpc) is 3.43. The van der Waals surface area contributed by atoms with Crippen LogP contribution in [0.3, 0.4) is 0 Å². The van der Waals surface area contributed by atoms with E-state index in [4.69, 9.17) is 27.8 Å². The predicted octanol–water partition coefficient (Wildman–Crippen LogP) is 5.28. The molecule has 0 bridgehead atoms. The van der Waals surface area contributed by atoms with E-state index in [2.05, 4.69) is 26.2 Å². The number of benzene rings is 2. The molecular formula is C33H37BrN3O11P. The van der Waals surface area contributed by atoms with E-state index in [9.17, 15) is 23.7 Å². The molecular weight excluding hydrogens is 725 g/mol. The van der Waals surface area contributed by atoms with Crippen LogP contribution in [0.4, 0.5) is 4.79 Å². The Morgan fingerprint density at radius 3 is 2.63 bits per heavy atom. The van der Waals surface area contributed by atoms with Gasteiger partial charge in [-0.15, -0.1) is 0 Å². The number of H-pyrrole nitrogens is 1. The Morgan fingerprint density at radius 1 is 1.16 bits per heavy atom. The third-order valence-corrected chi connectivity index (χ3v) is 9.11. The molecule has 2 aromatic carbocycles. The van der Waals surface area contributed by atoms with Crippen LogP contribution in [0.25, 0.3) is 6.08 Å². The van der Waals surface area contributed by atoms with Crippen molar-refractivity contribution < 1.29 is 41.9 Å². The van der Waals surface area contributed by atoms with Crippen molar-refractivity contribution in [3.8, 4) is 5.75 Å². The summed E-state index contributed by atoms with van der Waals surface area (Å²) in [7, 11) is -4.14. The number of aromatic amines is 1. The van der Waals surface area contributed by atoms with Gasteiger partial charge in [0.05, 0.1) is 18.8 Å². The summed E-state index contributed by atoms with van der Waals surface area (Å²) < 4.78 is 49.0. The second kappa shape index (κ2) is 15.3. The number of carbonyl (C=O) groups excluding carboxylic acids is 2. The molecule has 1 aromatic heterocycles. The first-order chi connectivity index (χ1) is 23.2. The lowest BCUT2D eigenvalue weighted by atomic mass is 10.1. The van der Waals surface area contributed by atoms with Gasteiger partial charge in [0.2, 0.25) is 0 Å². The van der Waals surface area contributed by atoms with Gasteiger partial charge >= 0.3 is 25.6 Å². The third kappa shape index (κ3) is 9.37. The smallest absolute Gasteiger partial charge is 0.458 e. The summed E-state index contributed by atoms with van der Waals surface area (Å²) in [4.78, 5) is 55.4. The first-order valence-corrected chi connectivity index (χ1v) is 17.8. The summed E-state index contributed by atoms with van der Waals surface area (Å²) in [5.41, 5.74) is 0.129. The quantitative estimate of drug-likeness (QED) is 0.203. The van der Waals surface area contributed by atoms with Crippen molar-refractivity contribution in [1.82, 2.24) is 14.9 Å². The number of phosphoric ester groups is 1. The normalized spacial score (nSPS) is 22.6. The van der Waals surface area contributed by atoms with Crippen molar-refractivity contribution in [1.29, 1.82) is 0 Å². The lowest BCUT2D eigenvalue weighted by Crippen LogP contribution is -2.47. The highest BCUT2D eigenvalue weighted by atomic mass is 79.9. The highest BCUT2D eigenvalue weighted by Crippen LogP contribution is 2.55. The molecule has 1 fully saturated rings. The van der Waals surface area contributed by atoms with Gasteiger partial charge in [0.1, 0.15) is 35.8 Å². The minimum atomic E-state index is -4.14. The Labute approximate surface area is 290 Å². The van der Waals surface area contributed by atoms with E-state index in [1.54, 1.807) is 64.1 Å². The SMILES string of the molecule is Cc1cccc2c1OP(=O)(OC[C@H]1O[C@@H](n3cc(/C=C/Br)c(=O)[nH]c3=O)C[C@@H]1OC(=O)[C@@H](Cc1ccccc1)NC(=O)OC(C)(C)C)OC2. The number of aromatic nitrogens is 2. The predicted molar refractivity (Wildman–Crippen MR) is 181 cm³/mol. The summed E-state index contributed by atoms with van der Waals surface area (Å²) >= 11 is 3.13. The highest BCUT2D eigenvalue weighted by molar-refractivity contribution is 9.11. The Kier molecular flexibility index (Phi) is 11.3. The van der Waals surface area contributed by atoms with Gasteiger partial charge in [-0.2, -0.15) is 0 Å². The maximum atomic E-state index is 13.8. The zero-order chi connectivity index (χ0) is 35.3. The van der Waals surface area contributed by atoms with E-state index in [1.807, 2.05) is 12.1 Å². The molecule has 0 spiro atoms. The number of para-hydroxylation sites is 1. The third-order valence-electron chi connectivity index (χ3n) is 7.53. The molecule has 2 aliphatic rings. The van der Waals surface area contributed by atoms with Crippen molar-refractivity contribution in [3.05, 3.63) is 103 Å². The number of fused-ring (bicyclic) bond motifs is 1. The summed E-state index contributed by atoms with van der Waals surface area (Å²) in [5.74, 6) is -0.429. The maximum absolute atomic E-state index is 13.8. The number of rotatable bonds is 10. The van der Waals surface area contributed by atoms with E-state index >= 15 is 0 Å². The number of hydrogen-bond acceptors (Lipinski definition) is 11. The van der Waals surface area contributed by atoms with Gasteiger partial charge < -0.3 is 24.1 Å². The van der Waals surface area contributed by atoms with Crippen molar-refractivity contribution in [2.75, 3.05) is 6.61 Å². The number of phosphoric acid groups is 1. The second-order valence-corrected chi connectivity index (χ2v) is 14.6. The Morgan fingerprint density at radius 2 is 1.92 bits per heavy atom. The zero-order valence-corrected chi connectivity index (χ0v) is 29.7. The van der Waals surface area contributed by atoms with Crippen LogP contribution in [-0.2, 0) is 45.6 Å². The molecule has 1 amide bonds. The largest absolute Gasteiger partial charge is 0.530 e. The van der Waals surface area contributed by atoms with Crippen molar-refractivity contribution in [3.63, 3.8) is 0 Å². The number of nitrogens with one attached hydrogen (secondary N) is 2. The molecule has 5 rings (SSSR count). The molecule has 1 unspecified atom stereocenters. The van der Waals surface area contributed by atoms with Gasteiger partial charge in [0.15, 0.2) is 0 Å². The van der Waals surface area contributed by atoms with E-state index in [0.717, 1.165) is 15.7 Å². The number of ether oxygens (including phenoxy) is 3. The van der Waals surface area contributed by atoms with Gasteiger partial charge in [0, 0.05) is 24.6 Å². The number of carbonyl (C=O) groups is 2. The van der Waals surface area contributed by atoms with Crippen molar-refractivity contribution in [2.45, 2.75) is 77.2 Å². The lowest BCUT2D eigenvalue weighted by Gasteiger charge is -2.28. The van der Waals surface area contributed by atoms with Crippen LogP contribution >= 0.6 is 23.8 Å². The number of esters is 1. The zero-order valence-electron chi connectivity index (χ0n) is 27.3. The highest BCUT2D eigenvalue weighted by Gasteiger charge is 2.44. The van der Waals surface area contributed by atoms with Gasteiger partial charge in [-0.3, -0.25) is 23.4 Å². The molecule has 3 heterocycles. The van der Waals surface area contributed by atoms with Crippen molar-refractivity contribution in [2.24, 2.45) is 0 Å². The Balaban J connectivity index is 1.40. The molecule has 49 heavy (non-hydrogen) atoms. The van der Waals surface area contributed by atoms with Crippen LogP contribution in [0.15, 0.2) is 69.3 Å². The van der Waals surface area contributed by atoms with E-state index in [-0.39, 0.29) is 25.0 Å². The fourth-order valence-corrected chi connectivity index (χ4v) is 6.82. The number of amides is 1. The fourth-order valence-electron chi connectivity index (χ4n) is 5.24. The molecule has 0 saturated carbocycles. The van der Waals surface area contributed by atoms with Gasteiger partial charge in [-0.05, 0) is 49.9 Å². The minimum absolute atomic E-state index is 0.0189. The lowest BCUT2D eigenvalue weighted by molar-refractivity contribution is -0.155. The number of aryl methyl sites for hydroxylation is 1. The number of nitrogens with zero attached hydrogens (tertiary/aromatic N) is 1. The fraction of sp³-hybridized carbons (Fsp3) is 0.394. The number of hydrogen-bond donors (Lipinski definition) is 2. The molecule has 14 nitrogen and oxygen atoms in total. The minimum Gasteiger partial charge on any atom is -0.458 e. The molecule has 2 aliphatic heterocycles. The first kappa shape index (κ1) is 36.3. The van der Waals surface area contributed by atoms with Crippen molar-refractivity contribution >= 4 is 41.9 Å². The van der Waals surface area contributed by atoms with Gasteiger partial charge in [-0.1, -0.05) is 64.5 Å². The summed E-state index contributed by atoms with van der Waals surface area (Å²) in [6, 6.07) is 13.2. The average molecular weight is 763 g/mol. The molecule has 16 heteroatoms. The van der Waals surface area contributed by atoms with Crippen LogP contribution in [0, 0.1) is 6.92 Å². The van der Waals surface area contributed by atoms with Crippen LogP contribution in [0.2, 0.25) is 0 Å². The van der Waals surface area contributed by atoms with Crippen LogP contribution in [0.1, 0.15) is 55.7 Å². The molecule has 1 saturated heterocycles. The van der Waals surface area contributed by atoms with Crippen LogP contribution in [0.5, 0.6) is 5.75 Å². The Hall–Kier alpha value is -4.01. The van der Waals surface area contributed by atoms with E-state index in [0.29, 0.717) is 11.3 Å². The summed E-state index contributed by atoms with van der Waals surface area (Å²) in [5, 5.41) is 2.60. The van der Waals surface area contributed by atoms with Crippen LogP contribution < -0.4 is 21.1 Å². The maximum Gasteiger partial charge on any atom is 0.530 e.